The lowest BCUT2D eigenvalue weighted by Crippen LogP contribution is -2.77. The molecule has 0 aliphatic rings. The Hall–Kier alpha value is -0.812. The van der Waals surface area contributed by atoms with E-state index in [4.69, 9.17) is 13.3 Å². The quantitative estimate of drug-likeness (QED) is 0.216. The van der Waals surface area contributed by atoms with E-state index in [0.29, 0.717) is 0 Å². The molecule has 0 bridgehead atoms. The molecule has 7 heteroatoms. The summed E-state index contributed by atoms with van der Waals surface area (Å²) < 4.78 is 22.2. The Morgan fingerprint density at radius 1 is 0.641 bits per heavy atom. The average molecular weight is 603 g/mol. The maximum atomic E-state index is 7.77. The van der Waals surface area contributed by atoms with Gasteiger partial charge < -0.3 is 13.3 Å². The molecule has 2 atom stereocenters. The van der Waals surface area contributed by atoms with E-state index in [0.717, 1.165) is 6.42 Å². The second kappa shape index (κ2) is 11.8. The molecule has 0 saturated carbocycles. The van der Waals surface area contributed by atoms with Crippen molar-refractivity contribution in [2.24, 2.45) is 0 Å². The third kappa shape index (κ3) is 7.16. The van der Waals surface area contributed by atoms with Crippen LogP contribution >= 0.6 is 0 Å². The molecule has 220 valence electrons. The van der Waals surface area contributed by atoms with E-state index >= 15 is 0 Å². The standard InChI is InChI=1S/C32H58O3Si4/c1-16-32(7,38(14,15)35-30(3,4)36(8,9)10)27(2)33-39(28-23-19-17-20-24-28,29-25-21-18-22-26-29)31(5,6)34-37(11,12)13/h17-27H,16H2,1-15H3. The van der Waals surface area contributed by atoms with E-state index in [9.17, 15) is 0 Å². The van der Waals surface area contributed by atoms with E-state index in [1.807, 2.05) is 0 Å². The fourth-order valence-electron chi connectivity index (χ4n) is 5.83. The molecule has 3 nitrogen and oxygen atoms in total. The Labute approximate surface area is 245 Å². The van der Waals surface area contributed by atoms with Crippen LogP contribution < -0.4 is 10.4 Å². The largest absolute Gasteiger partial charge is 0.415 e. The van der Waals surface area contributed by atoms with Crippen molar-refractivity contribution >= 4 is 43.4 Å². The molecule has 0 amide bonds. The second-order valence-corrected chi connectivity index (χ2v) is 33.5. The molecule has 2 aromatic rings. The van der Waals surface area contributed by atoms with Crippen LogP contribution in [0.4, 0.5) is 0 Å². The van der Waals surface area contributed by atoms with Gasteiger partial charge in [0.05, 0.1) is 13.3 Å². The van der Waals surface area contributed by atoms with Crippen LogP contribution in [-0.4, -0.2) is 49.6 Å². The van der Waals surface area contributed by atoms with Crippen LogP contribution in [0.25, 0.3) is 0 Å². The fraction of sp³-hybridized carbons (Fsp3) is 0.625. The maximum absolute atomic E-state index is 7.77. The zero-order valence-corrected chi connectivity index (χ0v) is 31.8. The summed E-state index contributed by atoms with van der Waals surface area (Å²) in [7, 11) is -8.72. The van der Waals surface area contributed by atoms with Gasteiger partial charge in [-0.2, -0.15) is 0 Å². The molecule has 2 rings (SSSR count). The monoisotopic (exact) mass is 602 g/mol. The van der Waals surface area contributed by atoms with Crippen molar-refractivity contribution in [1.29, 1.82) is 0 Å². The summed E-state index contributed by atoms with van der Waals surface area (Å²) >= 11 is 0. The molecule has 0 saturated heterocycles. The molecular formula is C32H58O3Si4. The van der Waals surface area contributed by atoms with Crippen LogP contribution in [-0.2, 0) is 13.3 Å². The molecule has 0 heterocycles. The minimum Gasteiger partial charge on any atom is -0.415 e. The lowest BCUT2D eigenvalue weighted by molar-refractivity contribution is 0.0838. The van der Waals surface area contributed by atoms with E-state index in [-0.39, 0.29) is 16.4 Å². The summed E-state index contributed by atoms with van der Waals surface area (Å²) in [6.45, 7) is 35.2. The van der Waals surface area contributed by atoms with Crippen molar-refractivity contribution in [3.8, 4) is 0 Å². The smallest absolute Gasteiger partial charge is 0.286 e. The first kappa shape index (κ1) is 34.4. The van der Waals surface area contributed by atoms with Crippen molar-refractivity contribution in [1.82, 2.24) is 0 Å². The molecule has 0 radical (unpaired) electrons. The van der Waals surface area contributed by atoms with Gasteiger partial charge in [0, 0.05) is 16.4 Å². The third-order valence-corrected chi connectivity index (χ3v) is 24.0. The third-order valence-electron chi connectivity index (χ3n) is 9.45. The van der Waals surface area contributed by atoms with Gasteiger partial charge in [0.2, 0.25) is 0 Å². The number of hydrogen-bond donors (Lipinski definition) is 0. The van der Waals surface area contributed by atoms with Crippen LogP contribution in [0, 0.1) is 0 Å². The van der Waals surface area contributed by atoms with Gasteiger partial charge in [0.25, 0.3) is 8.32 Å². The van der Waals surface area contributed by atoms with Crippen molar-refractivity contribution < 1.29 is 13.3 Å². The Morgan fingerprint density at radius 2 is 1.05 bits per heavy atom. The topological polar surface area (TPSA) is 27.7 Å². The van der Waals surface area contributed by atoms with Crippen LogP contribution in [0.2, 0.25) is 57.4 Å². The molecule has 39 heavy (non-hydrogen) atoms. The van der Waals surface area contributed by atoms with Crippen molar-refractivity contribution in [3.05, 3.63) is 60.7 Å². The summed E-state index contributed by atoms with van der Waals surface area (Å²) in [5, 5.41) is 1.79. The van der Waals surface area contributed by atoms with Crippen LogP contribution in [0.15, 0.2) is 60.7 Å². The van der Waals surface area contributed by atoms with Crippen LogP contribution in [0.5, 0.6) is 0 Å². The summed E-state index contributed by atoms with van der Waals surface area (Å²) in [4.78, 5) is 0. The highest BCUT2D eigenvalue weighted by atomic mass is 28.4. The highest BCUT2D eigenvalue weighted by Crippen LogP contribution is 2.50. The highest BCUT2D eigenvalue weighted by molar-refractivity contribution is 7.00. The van der Waals surface area contributed by atoms with Crippen LogP contribution in [0.1, 0.15) is 54.9 Å². The molecule has 0 aliphatic carbocycles. The number of benzene rings is 2. The fourth-order valence-corrected chi connectivity index (χ4v) is 18.8. The van der Waals surface area contributed by atoms with E-state index in [2.05, 4.69) is 162 Å². The first-order valence-electron chi connectivity index (χ1n) is 14.8. The zero-order valence-electron chi connectivity index (χ0n) is 27.8. The molecule has 0 aromatic heterocycles. The lowest BCUT2D eigenvalue weighted by Gasteiger charge is -2.55. The van der Waals surface area contributed by atoms with Gasteiger partial charge in [0.1, 0.15) is 0 Å². The van der Waals surface area contributed by atoms with Gasteiger partial charge in [0.15, 0.2) is 16.6 Å². The average Bonchev–Trinajstić information content (AvgIpc) is 2.79. The first-order valence-corrected chi connectivity index (χ1v) is 26.5. The van der Waals surface area contributed by atoms with Crippen LogP contribution in [0.3, 0.4) is 0 Å². The van der Waals surface area contributed by atoms with Gasteiger partial charge >= 0.3 is 0 Å². The highest BCUT2D eigenvalue weighted by Gasteiger charge is 2.59. The minimum atomic E-state index is -2.96. The summed E-state index contributed by atoms with van der Waals surface area (Å²) in [5.74, 6) is 0. The summed E-state index contributed by atoms with van der Waals surface area (Å²) in [6, 6.07) is 21.8. The van der Waals surface area contributed by atoms with Gasteiger partial charge in [-0.15, -0.1) is 0 Å². The molecule has 0 fully saturated rings. The Kier molecular flexibility index (Phi) is 10.4. The van der Waals surface area contributed by atoms with Gasteiger partial charge in [-0.05, 0) is 84.1 Å². The predicted molar refractivity (Wildman–Crippen MR) is 182 cm³/mol. The molecule has 0 N–H and O–H groups in total. The SMILES string of the molecule is CCC(C)(C(C)O[Si](c1ccccc1)(c1ccccc1)C(C)(C)O[Si](C)(C)C)[Si](C)(C)OC(C)(C)[Si](C)(C)C. The van der Waals surface area contributed by atoms with Crippen molar-refractivity contribution in [2.45, 2.75) is 129 Å². The van der Waals surface area contributed by atoms with Gasteiger partial charge in [-0.1, -0.05) is 94.2 Å². The van der Waals surface area contributed by atoms with E-state index < -0.39 is 38.3 Å². The Bertz CT molecular complexity index is 1020. The van der Waals surface area contributed by atoms with E-state index in [1.165, 1.54) is 10.4 Å². The Morgan fingerprint density at radius 3 is 1.38 bits per heavy atom. The van der Waals surface area contributed by atoms with E-state index in [1.54, 1.807) is 0 Å². The Balaban J connectivity index is 2.80. The van der Waals surface area contributed by atoms with Crippen molar-refractivity contribution in [2.75, 3.05) is 0 Å². The molecule has 0 aliphatic heterocycles. The second-order valence-electron chi connectivity index (χ2n) is 15.0. The normalized spacial score (nSPS) is 16.6. The first-order chi connectivity index (χ1) is 17.6. The molecule has 0 spiro atoms. The van der Waals surface area contributed by atoms with Gasteiger partial charge in [-0.3, -0.25) is 0 Å². The maximum Gasteiger partial charge on any atom is 0.286 e. The lowest BCUT2D eigenvalue weighted by atomic mass is 10.0. The minimum absolute atomic E-state index is 0.0295. The van der Waals surface area contributed by atoms with Gasteiger partial charge in [-0.25, -0.2) is 0 Å². The summed E-state index contributed by atoms with van der Waals surface area (Å²) in [6.07, 6.45) is 0.969. The molecule has 2 unspecified atom stereocenters. The molecular weight excluding hydrogens is 545 g/mol. The van der Waals surface area contributed by atoms with Crippen molar-refractivity contribution in [3.63, 3.8) is 0 Å². The number of hydrogen-bond acceptors (Lipinski definition) is 3. The zero-order chi connectivity index (χ0) is 30.1. The predicted octanol–water partition coefficient (Wildman–Crippen LogP) is 8.37. The number of rotatable bonds is 13. The summed E-state index contributed by atoms with van der Waals surface area (Å²) in [5.41, 5.74) is 0. The molecule has 2 aromatic carbocycles.